The van der Waals surface area contributed by atoms with Crippen molar-refractivity contribution in [1.82, 2.24) is 5.32 Å². The Labute approximate surface area is 127 Å². The van der Waals surface area contributed by atoms with Gasteiger partial charge in [0.05, 0.1) is 5.56 Å². The fraction of sp³-hybridized carbons (Fsp3) is 0.533. The summed E-state index contributed by atoms with van der Waals surface area (Å²) in [6.45, 7) is 5.38. The molecule has 7 heteroatoms. The molecule has 0 heterocycles. The maximum atomic E-state index is 12.7. The van der Waals surface area contributed by atoms with E-state index in [4.69, 9.17) is 10.5 Å². The van der Waals surface area contributed by atoms with Crippen molar-refractivity contribution in [3.05, 3.63) is 35.4 Å². The van der Waals surface area contributed by atoms with E-state index in [2.05, 4.69) is 5.32 Å². The van der Waals surface area contributed by atoms with Crippen molar-refractivity contribution in [1.29, 1.82) is 0 Å². The first-order valence-corrected chi connectivity index (χ1v) is 6.87. The molecule has 22 heavy (non-hydrogen) atoms. The summed E-state index contributed by atoms with van der Waals surface area (Å²) in [5, 5.41) is 2.52. The molecule has 124 valence electrons. The molecule has 1 aromatic rings. The van der Waals surface area contributed by atoms with Gasteiger partial charge in [-0.25, -0.2) is 4.79 Å². The maximum Gasteiger partial charge on any atom is 0.416 e. The first-order valence-electron chi connectivity index (χ1n) is 6.87. The number of carbonyl (C=O) groups excluding carboxylic acids is 1. The van der Waals surface area contributed by atoms with Crippen LogP contribution in [-0.4, -0.2) is 24.8 Å². The summed E-state index contributed by atoms with van der Waals surface area (Å²) < 4.78 is 43.2. The van der Waals surface area contributed by atoms with Gasteiger partial charge in [-0.15, -0.1) is 0 Å². The van der Waals surface area contributed by atoms with Gasteiger partial charge in [-0.2, -0.15) is 13.2 Å². The van der Waals surface area contributed by atoms with E-state index in [1.54, 1.807) is 26.8 Å². The number of carbonyl (C=O) groups is 1. The minimum atomic E-state index is -4.41. The summed E-state index contributed by atoms with van der Waals surface area (Å²) in [5.41, 5.74) is 4.65. The highest BCUT2D eigenvalue weighted by atomic mass is 19.4. The first kappa shape index (κ1) is 18.3. The van der Waals surface area contributed by atoms with Crippen molar-refractivity contribution in [3.8, 4) is 0 Å². The number of alkyl halides is 3. The smallest absolute Gasteiger partial charge is 0.416 e. The summed E-state index contributed by atoms with van der Waals surface area (Å²) >= 11 is 0. The molecule has 4 nitrogen and oxygen atoms in total. The molecule has 1 atom stereocenters. The number of nitrogens with two attached hydrogens (primary N) is 1. The third-order valence-corrected chi connectivity index (χ3v) is 2.86. The average molecular weight is 318 g/mol. The zero-order valence-corrected chi connectivity index (χ0v) is 12.8. The van der Waals surface area contributed by atoms with E-state index in [1.165, 1.54) is 6.07 Å². The Kier molecular flexibility index (Phi) is 5.82. The Bertz CT molecular complexity index is 510. The Morgan fingerprint density at radius 3 is 2.45 bits per heavy atom. The van der Waals surface area contributed by atoms with Gasteiger partial charge in [0, 0.05) is 19.0 Å². The van der Waals surface area contributed by atoms with Crippen molar-refractivity contribution in [2.75, 3.05) is 13.1 Å². The minimum absolute atomic E-state index is 0.104. The summed E-state index contributed by atoms with van der Waals surface area (Å²) in [6.07, 6.45) is -5.04. The Balaban J connectivity index is 2.75. The third-order valence-electron chi connectivity index (χ3n) is 2.86. The number of nitrogens with one attached hydrogen (secondary N) is 1. The zero-order valence-electron chi connectivity index (χ0n) is 12.8. The van der Waals surface area contributed by atoms with Gasteiger partial charge in [-0.3, -0.25) is 0 Å². The number of hydrogen-bond acceptors (Lipinski definition) is 3. The summed E-state index contributed by atoms with van der Waals surface area (Å²) in [5.74, 6) is -0.421. The zero-order chi connectivity index (χ0) is 17.0. The van der Waals surface area contributed by atoms with Crippen molar-refractivity contribution in [2.45, 2.75) is 38.5 Å². The quantitative estimate of drug-likeness (QED) is 0.895. The molecule has 0 aromatic heterocycles. The van der Waals surface area contributed by atoms with E-state index >= 15 is 0 Å². The lowest BCUT2D eigenvalue weighted by atomic mass is 9.97. The van der Waals surface area contributed by atoms with Crippen LogP contribution in [0.4, 0.5) is 18.0 Å². The molecule has 1 aromatic carbocycles. The van der Waals surface area contributed by atoms with Gasteiger partial charge >= 0.3 is 12.3 Å². The van der Waals surface area contributed by atoms with Crippen molar-refractivity contribution >= 4 is 6.09 Å². The van der Waals surface area contributed by atoms with E-state index < -0.39 is 29.4 Å². The molecule has 0 bridgehead atoms. The molecular weight excluding hydrogens is 297 g/mol. The highest BCUT2D eigenvalue weighted by molar-refractivity contribution is 5.67. The Morgan fingerprint density at radius 1 is 1.32 bits per heavy atom. The molecule has 0 saturated carbocycles. The standard InChI is InChI=1S/C15H21F3N2O2/c1-14(2,3)22-13(21)20-9-11(8-19)10-5-4-6-12(7-10)15(16,17)18/h4-7,11H,8-9,19H2,1-3H3,(H,20,21). The van der Waals surface area contributed by atoms with Gasteiger partial charge < -0.3 is 15.8 Å². The predicted octanol–water partition coefficient (Wildman–Crippen LogP) is 3.27. The summed E-state index contributed by atoms with van der Waals surface area (Å²) in [4.78, 5) is 11.6. The molecule has 0 saturated heterocycles. The van der Waals surface area contributed by atoms with Gasteiger partial charge in [0.2, 0.25) is 0 Å². The lowest BCUT2D eigenvalue weighted by Crippen LogP contribution is -2.36. The van der Waals surface area contributed by atoms with Crippen LogP contribution in [0, 0.1) is 0 Å². The van der Waals surface area contributed by atoms with E-state index in [0.717, 1.165) is 12.1 Å². The molecule has 1 amide bonds. The van der Waals surface area contributed by atoms with Gasteiger partial charge in [-0.1, -0.05) is 18.2 Å². The molecule has 0 aliphatic heterocycles. The van der Waals surface area contributed by atoms with Gasteiger partial charge in [-0.05, 0) is 32.4 Å². The fourth-order valence-corrected chi connectivity index (χ4v) is 1.83. The molecule has 0 aliphatic rings. The van der Waals surface area contributed by atoms with Crippen molar-refractivity contribution in [2.24, 2.45) is 5.73 Å². The number of alkyl carbamates (subject to hydrolysis) is 1. The Morgan fingerprint density at radius 2 is 1.95 bits per heavy atom. The average Bonchev–Trinajstić information content (AvgIpc) is 2.36. The lowest BCUT2D eigenvalue weighted by molar-refractivity contribution is -0.137. The number of halogens is 3. The monoisotopic (exact) mass is 318 g/mol. The number of ether oxygens (including phenoxy) is 1. The minimum Gasteiger partial charge on any atom is -0.444 e. The SMILES string of the molecule is CC(C)(C)OC(=O)NCC(CN)c1cccc(C(F)(F)F)c1. The summed E-state index contributed by atoms with van der Waals surface area (Å²) in [7, 11) is 0. The molecule has 1 unspecified atom stereocenters. The van der Waals surface area contributed by atoms with Crippen LogP contribution in [0.1, 0.15) is 37.8 Å². The van der Waals surface area contributed by atoms with Crippen LogP contribution in [0.25, 0.3) is 0 Å². The van der Waals surface area contributed by atoms with E-state index in [1.807, 2.05) is 0 Å². The largest absolute Gasteiger partial charge is 0.444 e. The number of amides is 1. The highest BCUT2D eigenvalue weighted by Crippen LogP contribution is 2.30. The van der Waals surface area contributed by atoms with Crippen LogP contribution >= 0.6 is 0 Å². The van der Waals surface area contributed by atoms with Crippen LogP contribution in [0.3, 0.4) is 0 Å². The molecule has 0 radical (unpaired) electrons. The van der Waals surface area contributed by atoms with Crippen molar-refractivity contribution in [3.63, 3.8) is 0 Å². The lowest BCUT2D eigenvalue weighted by Gasteiger charge is -2.22. The van der Waals surface area contributed by atoms with Crippen LogP contribution in [-0.2, 0) is 10.9 Å². The molecule has 0 aliphatic carbocycles. The molecule has 0 fully saturated rings. The van der Waals surface area contributed by atoms with Crippen LogP contribution in [0.2, 0.25) is 0 Å². The Hall–Kier alpha value is -1.76. The van der Waals surface area contributed by atoms with E-state index in [-0.39, 0.29) is 13.1 Å². The number of benzene rings is 1. The maximum absolute atomic E-state index is 12.7. The van der Waals surface area contributed by atoms with Gasteiger partial charge in [0.15, 0.2) is 0 Å². The van der Waals surface area contributed by atoms with Crippen LogP contribution < -0.4 is 11.1 Å². The predicted molar refractivity (Wildman–Crippen MR) is 77.5 cm³/mol. The molecule has 3 N–H and O–H groups in total. The fourth-order valence-electron chi connectivity index (χ4n) is 1.83. The second-order valence-electron chi connectivity index (χ2n) is 5.94. The summed E-state index contributed by atoms with van der Waals surface area (Å²) in [6, 6.07) is 4.94. The van der Waals surface area contributed by atoms with Crippen LogP contribution in [0.15, 0.2) is 24.3 Å². The third kappa shape index (κ3) is 5.93. The first-order chi connectivity index (χ1) is 10.0. The molecule has 0 spiro atoms. The van der Waals surface area contributed by atoms with Gasteiger partial charge in [0.1, 0.15) is 5.60 Å². The topological polar surface area (TPSA) is 64.3 Å². The second-order valence-corrected chi connectivity index (χ2v) is 5.94. The highest BCUT2D eigenvalue weighted by Gasteiger charge is 2.31. The second kappa shape index (κ2) is 7.00. The van der Waals surface area contributed by atoms with E-state index in [9.17, 15) is 18.0 Å². The van der Waals surface area contributed by atoms with E-state index in [0.29, 0.717) is 5.56 Å². The molecular formula is C15H21F3N2O2. The number of hydrogen-bond donors (Lipinski definition) is 2. The van der Waals surface area contributed by atoms with Gasteiger partial charge in [0.25, 0.3) is 0 Å². The normalized spacial score (nSPS) is 13.6. The van der Waals surface area contributed by atoms with Crippen LogP contribution in [0.5, 0.6) is 0 Å². The molecule has 1 rings (SSSR count). The van der Waals surface area contributed by atoms with Crippen molar-refractivity contribution < 1.29 is 22.7 Å². The number of rotatable bonds is 4.